The van der Waals surface area contributed by atoms with Gasteiger partial charge in [0, 0.05) is 0 Å². The third kappa shape index (κ3) is 8.31. The smallest absolute Gasteiger partial charge is 0.264 e. The fourth-order valence-electron chi connectivity index (χ4n) is 4.32. The summed E-state index contributed by atoms with van der Waals surface area (Å²) in [5.41, 5.74) is 6.47. The third-order valence-corrected chi connectivity index (χ3v) is 7.05. The molecule has 0 heterocycles. The van der Waals surface area contributed by atoms with Crippen molar-refractivity contribution in [2.75, 3.05) is 19.0 Å². The molecule has 0 saturated heterocycles. The van der Waals surface area contributed by atoms with Gasteiger partial charge in [-0.05, 0) is 70.5 Å². The molecule has 0 aliphatic heterocycles. The predicted octanol–water partition coefficient (Wildman–Crippen LogP) is 7.53. The zero-order chi connectivity index (χ0) is 27.5. The summed E-state index contributed by atoms with van der Waals surface area (Å²) in [5.74, 6) is 1.17. The zero-order valence-electron chi connectivity index (χ0n) is 22.1. The summed E-state index contributed by atoms with van der Waals surface area (Å²) in [6.45, 7) is 3.05. The molecule has 0 fully saturated rings. The molecule has 6 heteroatoms. The molecule has 4 aromatic carbocycles. The Morgan fingerprint density at radius 2 is 0.974 bits per heavy atom. The van der Waals surface area contributed by atoms with E-state index in [2.05, 4.69) is 43.3 Å². The number of unbranched alkanes of at least 4 members (excludes halogenated alkanes) is 1. The Labute approximate surface area is 231 Å². The summed E-state index contributed by atoms with van der Waals surface area (Å²) in [7, 11) is -3.99. The number of hydrogen-bond donors (Lipinski definition) is 1. The summed E-state index contributed by atoms with van der Waals surface area (Å²) in [5, 5.41) is 0. The largest absolute Gasteiger partial charge is 0.494 e. The minimum Gasteiger partial charge on any atom is -0.494 e. The molecule has 39 heavy (non-hydrogen) atoms. The molecule has 0 atom stereocenters. The van der Waals surface area contributed by atoms with Gasteiger partial charge < -0.3 is 9.47 Å². The lowest BCUT2D eigenvalue weighted by molar-refractivity contribution is 0.309. The molecule has 202 valence electrons. The molecule has 0 bridgehead atoms. The zero-order valence-corrected chi connectivity index (χ0v) is 22.9. The van der Waals surface area contributed by atoms with Gasteiger partial charge in [-0.3, -0.25) is 4.55 Å². The van der Waals surface area contributed by atoms with Crippen LogP contribution < -0.4 is 9.47 Å². The lowest BCUT2D eigenvalue weighted by atomic mass is 9.86. The van der Waals surface area contributed by atoms with Gasteiger partial charge in [-0.25, -0.2) is 0 Å². The van der Waals surface area contributed by atoms with Crippen molar-refractivity contribution in [3.8, 4) is 11.5 Å². The number of rotatable bonds is 13. The van der Waals surface area contributed by atoms with Crippen molar-refractivity contribution in [3.05, 3.63) is 131 Å². The Balaban J connectivity index is 1.74. The van der Waals surface area contributed by atoms with Gasteiger partial charge in [0.2, 0.25) is 0 Å². The van der Waals surface area contributed by atoms with Gasteiger partial charge in [0.25, 0.3) is 10.1 Å². The maximum Gasteiger partial charge on any atom is 0.264 e. The number of hydrogen-bond acceptors (Lipinski definition) is 4. The SMILES string of the molecule is CCCCOc1ccc(/C(=C(\c2ccccc2)c2ccc(OCCCS(=O)(=O)O)cc2)c2ccccc2)cc1. The molecule has 5 nitrogen and oxygen atoms in total. The highest BCUT2D eigenvalue weighted by Gasteiger charge is 2.16. The van der Waals surface area contributed by atoms with E-state index in [-0.39, 0.29) is 18.8 Å². The topological polar surface area (TPSA) is 72.8 Å². The van der Waals surface area contributed by atoms with E-state index >= 15 is 0 Å². The average molecular weight is 543 g/mol. The first kappa shape index (κ1) is 28.1. The van der Waals surface area contributed by atoms with Crippen LogP contribution in [0.3, 0.4) is 0 Å². The molecule has 0 saturated carbocycles. The van der Waals surface area contributed by atoms with Gasteiger partial charge in [0.1, 0.15) is 11.5 Å². The van der Waals surface area contributed by atoms with Crippen LogP contribution in [-0.2, 0) is 10.1 Å². The van der Waals surface area contributed by atoms with E-state index in [9.17, 15) is 8.42 Å². The molecule has 0 aromatic heterocycles. The van der Waals surface area contributed by atoms with Crippen LogP contribution in [-0.4, -0.2) is 31.9 Å². The average Bonchev–Trinajstić information content (AvgIpc) is 2.96. The first-order chi connectivity index (χ1) is 18.9. The van der Waals surface area contributed by atoms with Gasteiger partial charge in [0.05, 0.1) is 19.0 Å². The van der Waals surface area contributed by atoms with Crippen LogP contribution in [0.1, 0.15) is 48.4 Å². The predicted molar refractivity (Wildman–Crippen MR) is 158 cm³/mol. The molecule has 0 radical (unpaired) electrons. The maximum atomic E-state index is 11.0. The molecule has 0 aliphatic rings. The minimum absolute atomic E-state index is 0.197. The molecular weight excluding hydrogens is 508 g/mol. The summed E-state index contributed by atoms with van der Waals surface area (Å²) in [6, 6.07) is 36.7. The minimum atomic E-state index is -3.99. The first-order valence-electron chi connectivity index (χ1n) is 13.2. The van der Waals surface area contributed by atoms with E-state index < -0.39 is 10.1 Å². The molecule has 4 rings (SSSR count). The fraction of sp³-hybridized carbons (Fsp3) is 0.212. The maximum absolute atomic E-state index is 11.0. The van der Waals surface area contributed by atoms with Crippen molar-refractivity contribution in [2.45, 2.75) is 26.2 Å². The van der Waals surface area contributed by atoms with Crippen molar-refractivity contribution in [1.29, 1.82) is 0 Å². The van der Waals surface area contributed by atoms with Crippen LogP contribution in [0, 0.1) is 0 Å². The second kappa shape index (κ2) is 13.8. The summed E-state index contributed by atoms with van der Waals surface area (Å²) >= 11 is 0. The molecule has 4 aromatic rings. The van der Waals surface area contributed by atoms with Gasteiger partial charge in [-0.2, -0.15) is 8.42 Å². The monoisotopic (exact) mass is 542 g/mol. The van der Waals surface area contributed by atoms with Crippen LogP contribution in [0.2, 0.25) is 0 Å². The van der Waals surface area contributed by atoms with E-state index in [4.69, 9.17) is 14.0 Å². The Kier molecular flexibility index (Phi) is 9.95. The standard InChI is InChI=1S/C33H34O5S/c1-2-3-23-37-30-19-15-28(16-20-30)32(26-11-6-4-7-12-26)33(27-13-8-5-9-14-27)29-17-21-31(22-18-29)38-24-10-25-39(34,35)36/h4-9,11-22H,2-3,10,23-25H2,1H3,(H,34,35,36)/b33-32+. The van der Waals surface area contributed by atoms with Crippen molar-refractivity contribution in [3.63, 3.8) is 0 Å². The van der Waals surface area contributed by atoms with Crippen molar-refractivity contribution in [1.82, 2.24) is 0 Å². The van der Waals surface area contributed by atoms with Gasteiger partial charge in [0.15, 0.2) is 0 Å². The van der Waals surface area contributed by atoms with Gasteiger partial charge in [-0.1, -0.05) is 98.3 Å². The summed E-state index contributed by atoms with van der Waals surface area (Å²) in [4.78, 5) is 0. The molecule has 1 N–H and O–H groups in total. The van der Waals surface area contributed by atoms with E-state index in [1.807, 2.05) is 72.8 Å². The highest BCUT2D eigenvalue weighted by molar-refractivity contribution is 7.85. The molecular formula is C33H34O5S. The van der Waals surface area contributed by atoms with Gasteiger partial charge in [-0.15, -0.1) is 0 Å². The molecule has 0 spiro atoms. The number of benzene rings is 4. The quantitative estimate of drug-likeness (QED) is 0.107. The Morgan fingerprint density at radius 1 is 0.590 bits per heavy atom. The Hall–Kier alpha value is -3.87. The summed E-state index contributed by atoms with van der Waals surface area (Å²) in [6.07, 6.45) is 2.33. The van der Waals surface area contributed by atoms with E-state index in [0.717, 1.165) is 52.0 Å². The van der Waals surface area contributed by atoms with E-state index in [1.165, 1.54) is 0 Å². The lowest BCUT2D eigenvalue weighted by Crippen LogP contribution is -2.08. The highest BCUT2D eigenvalue weighted by Crippen LogP contribution is 2.37. The third-order valence-electron chi connectivity index (χ3n) is 6.24. The van der Waals surface area contributed by atoms with Crippen LogP contribution in [0.25, 0.3) is 11.1 Å². The second-order valence-electron chi connectivity index (χ2n) is 9.22. The van der Waals surface area contributed by atoms with Crippen molar-refractivity contribution in [2.24, 2.45) is 0 Å². The first-order valence-corrected chi connectivity index (χ1v) is 14.8. The van der Waals surface area contributed by atoms with Crippen molar-refractivity contribution < 1.29 is 22.4 Å². The molecule has 0 amide bonds. The number of ether oxygens (including phenoxy) is 2. The fourth-order valence-corrected chi connectivity index (χ4v) is 4.80. The van der Waals surface area contributed by atoms with Crippen LogP contribution in [0.5, 0.6) is 11.5 Å². The molecule has 0 unspecified atom stereocenters. The lowest BCUT2D eigenvalue weighted by Gasteiger charge is -2.19. The van der Waals surface area contributed by atoms with Crippen molar-refractivity contribution >= 4 is 21.3 Å². The van der Waals surface area contributed by atoms with E-state index in [1.54, 1.807) is 0 Å². The second-order valence-corrected chi connectivity index (χ2v) is 10.8. The van der Waals surface area contributed by atoms with Gasteiger partial charge >= 0.3 is 0 Å². The highest BCUT2D eigenvalue weighted by atomic mass is 32.2. The van der Waals surface area contributed by atoms with Crippen LogP contribution in [0.4, 0.5) is 0 Å². The summed E-state index contributed by atoms with van der Waals surface area (Å²) < 4.78 is 42.5. The normalized spacial score (nSPS) is 12.1. The molecule has 0 aliphatic carbocycles. The van der Waals surface area contributed by atoms with Crippen LogP contribution in [0.15, 0.2) is 109 Å². The Morgan fingerprint density at radius 3 is 1.36 bits per heavy atom. The van der Waals surface area contributed by atoms with E-state index in [0.29, 0.717) is 12.4 Å². The Bertz CT molecular complexity index is 1440. The van der Waals surface area contributed by atoms with Crippen LogP contribution >= 0.6 is 0 Å².